The molecule has 0 aliphatic carbocycles. The molecule has 1 aliphatic heterocycles. The first-order valence-corrected chi connectivity index (χ1v) is 8.04. The zero-order valence-corrected chi connectivity index (χ0v) is 14.7. The topological polar surface area (TPSA) is 50.3 Å². The molecule has 1 fully saturated rings. The van der Waals surface area contributed by atoms with E-state index in [1.807, 2.05) is 18.7 Å². The number of piperazine rings is 1. The van der Waals surface area contributed by atoms with Gasteiger partial charge in [0.05, 0.1) is 26.9 Å². The van der Waals surface area contributed by atoms with Crippen LogP contribution < -0.4 is 5.73 Å². The predicted octanol–water partition coefficient (Wildman–Crippen LogP) is 1.28. The van der Waals surface area contributed by atoms with E-state index in [2.05, 4.69) is 37.8 Å². The molecule has 7 heteroatoms. The van der Waals surface area contributed by atoms with E-state index in [0.717, 1.165) is 42.9 Å². The zero-order valence-electron chi connectivity index (χ0n) is 12.3. The van der Waals surface area contributed by atoms with Crippen molar-refractivity contribution >= 4 is 33.1 Å². The summed E-state index contributed by atoms with van der Waals surface area (Å²) < 4.78 is 3.09. The van der Waals surface area contributed by atoms with Crippen LogP contribution in [0.3, 0.4) is 0 Å². The Labute approximate surface area is 134 Å². The van der Waals surface area contributed by atoms with Gasteiger partial charge in [-0.15, -0.1) is 0 Å². The molecular weight excluding hydrogens is 338 g/mol. The number of rotatable bonds is 4. The van der Waals surface area contributed by atoms with Gasteiger partial charge < -0.3 is 5.73 Å². The van der Waals surface area contributed by atoms with Crippen LogP contribution in [-0.2, 0) is 13.6 Å². The third-order valence-corrected chi connectivity index (χ3v) is 5.37. The number of hydrogen-bond donors (Lipinski definition) is 1. The van der Waals surface area contributed by atoms with Crippen LogP contribution in [0.2, 0.25) is 0 Å². The second-order valence-corrected chi connectivity index (χ2v) is 6.62. The molecule has 2 N–H and O–H groups in total. The van der Waals surface area contributed by atoms with Gasteiger partial charge in [-0.2, -0.15) is 5.10 Å². The number of aromatic nitrogens is 2. The van der Waals surface area contributed by atoms with Crippen molar-refractivity contribution in [3.05, 3.63) is 15.9 Å². The highest BCUT2D eigenvalue weighted by Crippen LogP contribution is 2.22. The third kappa shape index (κ3) is 3.39. The standard InChI is InChI=1S/C13H22BrN5S/c1-9-12(14)11(17(3)16-9)8-18-4-6-19(7-5-18)10(2)13(15)20/h10H,4-8H2,1-3H3,(H2,15,20). The van der Waals surface area contributed by atoms with E-state index in [-0.39, 0.29) is 6.04 Å². The van der Waals surface area contributed by atoms with Gasteiger partial charge in [-0.25, -0.2) is 0 Å². The number of nitrogens with two attached hydrogens (primary N) is 1. The van der Waals surface area contributed by atoms with Crippen molar-refractivity contribution in [2.24, 2.45) is 12.8 Å². The van der Waals surface area contributed by atoms with Gasteiger partial charge in [0.25, 0.3) is 0 Å². The first kappa shape index (κ1) is 15.9. The molecule has 112 valence electrons. The minimum absolute atomic E-state index is 0.192. The molecule has 1 atom stereocenters. The Morgan fingerprint density at radius 2 is 2.00 bits per heavy atom. The summed E-state index contributed by atoms with van der Waals surface area (Å²) in [6.07, 6.45) is 0. The van der Waals surface area contributed by atoms with Crippen LogP contribution in [0.1, 0.15) is 18.3 Å². The van der Waals surface area contributed by atoms with Gasteiger partial charge in [0.15, 0.2) is 0 Å². The lowest BCUT2D eigenvalue weighted by Crippen LogP contribution is -2.52. The highest BCUT2D eigenvalue weighted by atomic mass is 79.9. The molecular formula is C13H22BrN5S. The second kappa shape index (κ2) is 6.51. The number of aryl methyl sites for hydroxylation is 2. The Hall–Kier alpha value is -0.500. The molecule has 0 saturated carbocycles. The predicted molar refractivity (Wildman–Crippen MR) is 88.7 cm³/mol. The van der Waals surface area contributed by atoms with Crippen molar-refractivity contribution in [2.75, 3.05) is 26.2 Å². The fourth-order valence-electron chi connectivity index (χ4n) is 2.55. The Kier molecular flexibility index (Phi) is 5.17. The fraction of sp³-hybridized carbons (Fsp3) is 0.692. The van der Waals surface area contributed by atoms with E-state index >= 15 is 0 Å². The number of thiocarbonyl (C=S) groups is 1. The SMILES string of the molecule is Cc1nn(C)c(CN2CCN(C(C)C(N)=S)CC2)c1Br. The molecule has 20 heavy (non-hydrogen) atoms. The van der Waals surface area contributed by atoms with E-state index < -0.39 is 0 Å². The first-order chi connectivity index (χ1) is 9.40. The molecule has 5 nitrogen and oxygen atoms in total. The minimum Gasteiger partial charge on any atom is -0.392 e. The van der Waals surface area contributed by atoms with Gasteiger partial charge in [0.1, 0.15) is 0 Å². The lowest BCUT2D eigenvalue weighted by Gasteiger charge is -2.37. The van der Waals surface area contributed by atoms with Crippen LogP contribution in [0.15, 0.2) is 4.47 Å². The molecule has 0 aromatic carbocycles. The maximum absolute atomic E-state index is 5.73. The number of halogens is 1. The molecule has 2 heterocycles. The summed E-state index contributed by atoms with van der Waals surface area (Å²) in [6, 6.07) is 0.192. The van der Waals surface area contributed by atoms with Gasteiger partial charge in [0, 0.05) is 39.8 Å². The van der Waals surface area contributed by atoms with Crippen molar-refractivity contribution in [1.82, 2.24) is 19.6 Å². The van der Waals surface area contributed by atoms with Crippen molar-refractivity contribution in [3.8, 4) is 0 Å². The molecule has 1 aromatic rings. The van der Waals surface area contributed by atoms with Crippen molar-refractivity contribution < 1.29 is 0 Å². The summed E-state index contributed by atoms with van der Waals surface area (Å²) in [6.45, 7) is 9.11. The lowest BCUT2D eigenvalue weighted by atomic mass is 10.2. The van der Waals surface area contributed by atoms with E-state index in [1.54, 1.807) is 0 Å². The number of hydrogen-bond acceptors (Lipinski definition) is 4. The smallest absolute Gasteiger partial charge is 0.0899 e. The van der Waals surface area contributed by atoms with E-state index in [0.29, 0.717) is 4.99 Å². The average molecular weight is 360 g/mol. The van der Waals surface area contributed by atoms with Gasteiger partial charge in [0.2, 0.25) is 0 Å². The van der Waals surface area contributed by atoms with Crippen molar-refractivity contribution in [1.29, 1.82) is 0 Å². The fourth-order valence-corrected chi connectivity index (χ4v) is 3.16. The van der Waals surface area contributed by atoms with Gasteiger partial charge in [-0.3, -0.25) is 14.5 Å². The van der Waals surface area contributed by atoms with E-state index in [4.69, 9.17) is 18.0 Å². The summed E-state index contributed by atoms with van der Waals surface area (Å²) in [5.74, 6) is 0. The van der Waals surface area contributed by atoms with Crippen LogP contribution >= 0.6 is 28.1 Å². The highest BCUT2D eigenvalue weighted by Gasteiger charge is 2.23. The molecule has 0 amide bonds. The van der Waals surface area contributed by atoms with Crippen LogP contribution in [-0.4, -0.2) is 56.8 Å². The summed E-state index contributed by atoms with van der Waals surface area (Å²) in [5.41, 5.74) is 8.01. The van der Waals surface area contributed by atoms with Gasteiger partial charge in [-0.05, 0) is 29.8 Å². The molecule has 0 spiro atoms. The van der Waals surface area contributed by atoms with Crippen LogP contribution in [0.4, 0.5) is 0 Å². The van der Waals surface area contributed by atoms with E-state index in [1.165, 1.54) is 5.69 Å². The molecule has 1 unspecified atom stereocenters. The Bertz CT molecular complexity index is 493. The van der Waals surface area contributed by atoms with Gasteiger partial charge in [-0.1, -0.05) is 12.2 Å². The quantitative estimate of drug-likeness (QED) is 0.820. The van der Waals surface area contributed by atoms with Crippen LogP contribution in [0, 0.1) is 6.92 Å². The maximum atomic E-state index is 5.73. The average Bonchev–Trinajstić information content (AvgIpc) is 2.65. The van der Waals surface area contributed by atoms with Crippen molar-refractivity contribution in [2.45, 2.75) is 26.4 Å². The second-order valence-electron chi connectivity index (χ2n) is 5.36. The maximum Gasteiger partial charge on any atom is 0.0899 e. The van der Waals surface area contributed by atoms with Crippen molar-refractivity contribution in [3.63, 3.8) is 0 Å². The zero-order chi connectivity index (χ0) is 14.9. The van der Waals surface area contributed by atoms with Crippen LogP contribution in [0.25, 0.3) is 0 Å². The molecule has 1 aromatic heterocycles. The minimum atomic E-state index is 0.192. The monoisotopic (exact) mass is 359 g/mol. The van der Waals surface area contributed by atoms with Gasteiger partial charge >= 0.3 is 0 Å². The molecule has 1 saturated heterocycles. The Balaban J connectivity index is 1.93. The Morgan fingerprint density at radius 1 is 1.40 bits per heavy atom. The summed E-state index contributed by atoms with van der Waals surface area (Å²) in [5, 5.41) is 4.44. The summed E-state index contributed by atoms with van der Waals surface area (Å²) in [4.78, 5) is 5.38. The normalized spacial score (nSPS) is 19.2. The highest BCUT2D eigenvalue weighted by molar-refractivity contribution is 9.10. The van der Waals surface area contributed by atoms with Crippen LogP contribution in [0.5, 0.6) is 0 Å². The summed E-state index contributed by atoms with van der Waals surface area (Å²) in [7, 11) is 2.00. The molecule has 2 rings (SSSR count). The van der Waals surface area contributed by atoms with E-state index in [9.17, 15) is 0 Å². The molecule has 0 radical (unpaired) electrons. The first-order valence-electron chi connectivity index (χ1n) is 6.84. The molecule has 1 aliphatic rings. The largest absolute Gasteiger partial charge is 0.392 e. The Morgan fingerprint density at radius 3 is 2.45 bits per heavy atom. The molecule has 0 bridgehead atoms. The lowest BCUT2D eigenvalue weighted by molar-refractivity contribution is 0.116. The summed E-state index contributed by atoms with van der Waals surface area (Å²) >= 11 is 8.70. The number of nitrogens with zero attached hydrogens (tertiary/aromatic N) is 4. The third-order valence-electron chi connectivity index (χ3n) is 4.00.